The topological polar surface area (TPSA) is 66.0 Å². The van der Waals surface area contributed by atoms with Gasteiger partial charge in [0.25, 0.3) is 0 Å². The van der Waals surface area contributed by atoms with Crippen molar-refractivity contribution in [1.29, 1.82) is 0 Å². The van der Waals surface area contributed by atoms with Gasteiger partial charge in [0.15, 0.2) is 0 Å². The van der Waals surface area contributed by atoms with Crippen molar-refractivity contribution in [3.63, 3.8) is 0 Å². The van der Waals surface area contributed by atoms with Gasteiger partial charge in [-0.3, -0.25) is 0 Å². The van der Waals surface area contributed by atoms with Gasteiger partial charge >= 0.3 is 5.97 Å². The molecule has 0 radical (unpaired) electrons. The zero-order chi connectivity index (χ0) is 10.8. The summed E-state index contributed by atoms with van der Waals surface area (Å²) in [5.41, 5.74) is 1.81. The molecule has 0 spiro atoms. The van der Waals surface area contributed by atoms with Gasteiger partial charge in [0.05, 0.1) is 16.6 Å². The minimum Gasteiger partial charge on any atom is -0.478 e. The number of benzene rings is 1. The van der Waals surface area contributed by atoms with E-state index in [1.54, 1.807) is 18.2 Å². The monoisotopic (exact) mass is 222 g/mol. The Hall–Kier alpha value is -1.49. The number of rotatable bonds is 3. The molecular weight excluding hydrogens is 212 g/mol. The first-order valence-corrected chi connectivity index (χ1v) is 5.17. The fourth-order valence-corrected chi connectivity index (χ4v) is 1.63. The molecule has 1 aromatic heterocycles. The molecule has 4 nitrogen and oxygen atoms in total. The number of carboxylic acids is 1. The molecule has 2 rings (SSSR count). The van der Waals surface area contributed by atoms with E-state index in [0.717, 1.165) is 23.3 Å². The SMILES string of the molecule is O=C(O)c1ccc2nc(CCS)[nH]c2c1. The van der Waals surface area contributed by atoms with Crippen LogP contribution in [0.25, 0.3) is 11.0 Å². The highest BCUT2D eigenvalue weighted by Gasteiger charge is 2.06. The third-order valence-electron chi connectivity index (χ3n) is 2.13. The van der Waals surface area contributed by atoms with Crippen LogP contribution in [-0.4, -0.2) is 26.8 Å². The van der Waals surface area contributed by atoms with Gasteiger partial charge in [0.2, 0.25) is 0 Å². The third-order valence-corrected chi connectivity index (χ3v) is 2.35. The van der Waals surface area contributed by atoms with Gasteiger partial charge in [0, 0.05) is 6.42 Å². The summed E-state index contributed by atoms with van der Waals surface area (Å²) in [6.07, 6.45) is 0.750. The van der Waals surface area contributed by atoms with Gasteiger partial charge in [-0.25, -0.2) is 9.78 Å². The molecule has 0 saturated heterocycles. The smallest absolute Gasteiger partial charge is 0.335 e. The Morgan fingerprint density at radius 3 is 3.00 bits per heavy atom. The van der Waals surface area contributed by atoms with Gasteiger partial charge in [0.1, 0.15) is 5.82 Å². The lowest BCUT2D eigenvalue weighted by molar-refractivity contribution is 0.0697. The van der Waals surface area contributed by atoms with E-state index >= 15 is 0 Å². The van der Waals surface area contributed by atoms with E-state index < -0.39 is 5.97 Å². The van der Waals surface area contributed by atoms with E-state index in [1.807, 2.05) is 0 Å². The lowest BCUT2D eigenvalue weighted by atomic mass is 10.2. The minimum atomic E-state index is -0.928. The van der Waals surface area contributed by atoms with Crippen LogP contribution >= 0.6 is 12.6 Å². The quantitative estimate of drug-likeness (QED) is 0.693. The number of aryl methyl sites for hydroxylation is 1. The van der Waals surface area contributed by atoms with Crippen molar-refractivity contribution in [1.82, 2.24) is 9.97 Å². The predicted octanol–water partition coefficient (Wildman–Crippen LogP) is 1.73. The fourth-order valence-electron chi connectivity index (χ4n) is 1.42. The van der Waals surface area contributed by atoms with Crippen molar-refractivity contribution in [2.75, 3.05) is 5.75 Å². The van der Waals surface area contributed by atoms with E-state index in [9.17, 15) is 4.79 Å². The van der Waals surface area contributed by atoms with E-state index in [-0.39, 0.29) is 5.56 Å². The number of fused-ring (bicyclic) bond motifs is 1. The Balaban J connectivity index is 2.47. The number of carboxylic acid groups (broad SMARTS) is 1. The van der Waals surface area contributed by atoms with Gasteiger partial charge < -0.3 is 10.1 Å². The van der Waals surface area contributed by atoms with E-state index in [1.165, 1.54) is 0 Å². The number of imidazole rings is 1. The Morgan fingerprint density at radius 2 is 2.33 bits per heavy atom. The normalized spacial score (nSPS) is 10.7. The van der Waals surface area contributed by atoms with Gasteiger partial charge in [-0.05, 0) is 24.0 Å². The maximum atomic E-state index is 10.7. The highest BCUT2D eigenvalue weighted by molar-refractivity contribution is 7.80. The van der Waals surface area contributed by atoms with Crippen molar-refractivity contribution in [3.05, 3.63) is 29.6 Å². The summed E-state index contributed by atoms with van der Waals surface area (Å²) in [5.74, 6) is 0.621. The lowest BCUT2D eigenvalue weighted by Crippen LogP contribution is -1.94. The van der Waals surface area contributed by atoms with Crippen molar-refractivity contribution >= 4 is 29.6 Å². The molecule has 2 N–H and O–H groups in total. The van der Waals surface area contributed by atoms with Gasteiger partial charge in [-0.15, -0.1) is 0 Å². The average molecular weight is 222 g/mol. The molecule has 0 aliphatic carbocycles. The van der Waals surface area contributed by atoms with Crippen LogP contribution < -0.4 is 0 Å². The fraction of sp³-hybridized carbons (Fsp3) is 0.200. The number of nitrogens with zero attached hydrogens (tertiary/aromatic N) is 1. The number of thiol groups is 1. The van der Waals surface area contributed by atoms with Crippen LogP contribution in [0.5, 0.6) is 0 Å². The number of nitrogens with one attached hydrogen (secondary N) is 1. The number of aromatic nitrogens is 2. The van der Waals surface area contributed by atoms with E-state index in [2.05, 4.69) is 22.6 Å². The molecule has 78 valence electrons. The second-order valence-corrected chi connectivity index (χ2v) is 3.64. The zero-order valence-electron chi connectivity index (χ0n) is 7.90. The van der Waals surface area contributed by atoms with Crippen LogP contribution in [0.1, 0.15) is 16.2 Å². The van der Waals surface area contributed by atoms with Crippen molar-refractivity contribution in [2.24, 2.45) is 0 Å². The summed E-state index contributed by atoms with van der Waals surface area (Å²) in [6, 6.07) is 4.85. The maximum Gasteiger partial charge on any atom is 0.335 e. The highest BCUT2D eigenvalue weighted by Crippen LogP contribution is 2.14. The number of aromatic amines is 1. The Bertz CT molecular complexity index is 507. The molecule has 5 heteroatoms. The van der Waals surface area contributed by atoms with Gasteiger partial charge in [-0.2, -0.15) is 12.6 Å². The number of hydrogen-bond acceptors (Lipinski definition) is 3. The molecule has 0 atom stereocenters. The molecule has 1 aromatic carbocycles. The molecule has 0 aliphatic rings. The van der Waals surface area contributed by atoms with Crippen LogP contribution in [0.15, 0.2) is 18.2 Å². The first-order valence-electron chi connectivity index (χ1n) is 4.53. The van der Waals surface area contributed by atoms with Crippen molar-refractivity contribution < 1.29 is 9.90 Å². The zero-order valence-corrected chi connectivity index (χ0v) is 8.79. The highest BCUT2D eigenvalue weighted by atomic mass is 32.1. The summed E-state index contributed by atoms with van der Waals surface area (Å²) >= 11 is 4.11. The van der Waals surface area contributed by atoms with Crippen LogP contribution in [0.2, 0.25) is 0 Å². The molecule has 0 bridgehead atoms. The average Bonchev–Trinajstić information content (AvgIpc) is 2.59. The number of carbonyl (C=O) groups is 1. The molecular formula is C10H10N2O2S. The van der Waals surface area contributed by atoms with Crippen molar-refractivity contribution in [3.8, 4) is 0 Å². The van der Waals surface area contributed by atoms with Crippen LogP contribution in [-0.2, 0) is 6.42 Å². The maximum absolute atomic E-state index is 10.7. The summed E-state index contributed by atoms with van der Waals surface area (Å²) in [5, 5.41) is 8.81. The van der Waals surface area contributed by atoms with Gasteiger partial charge in [-0.1, -0.05) is 0 Å². The standard InChI is InChI=1S/C10H10N2O2S/c13-10(14)6-1-2-7-8(5-6)12-9(11-7)3-4-15/h1-2,5,15H,3-4H2,(H,11,12)(H,13,14). The summed E-state index contributed by atoms with van der Waals surface area (Å²) in [7, 11) is 0. The number of hydrogen-bond donors (Lipinski definition) is 3. The van der Waals surface area contributed by atoms with Crippen LogP contribution in [0.4, 0.5) is 0 Å². The minimum absolute atomic E-state index is 0.267. The summed E-state index contributed by atoms with van der Waals surface area (Å²) in [6.45, 7) is 0. The summed E-state index contributed by atoms with van der Waals surface area (Å²) in [4.78, 5) is 18.1. The number of aromatic carboxylic acids is 1. The molecule has 0 aliphatic heterocycles. The van der Waals surface area contributed by atoms with Crippen molar-refractivity contribution in [2.45, 2.75) is 6.42 Å². The molecule has 0 saturated carbocycles. The Kier molecular flexibility index (Phi) is 2.64. The second kappa shape index (κ2) is 3.94. The number of H-pyrrole nitrogens is 1. The predicted molar refractivity (Wildman–Crippen MR) is 60.6 cm³/mol. The Labute approximate surface area is 91.7 Å². The van der Waals surface area contributed by atoms with E-state index in [4.69, 9.17) is 5.11 Å². The molecule has 0 amide bonds. The molecule has 2 aromatic rings. The summed E-state index contributed by atoms with van der Waals surface area (Å²) < 4.78 is 0. The first-order chi connectivity index (χ1) is 7.20. The Morgan fingerprint density at radius 1 is 1.53 bits per heavy atom. The van der Waals surface area contributed by atoms with E-state index in [0.29, 0.717) is 5.75 Å². The van der Waals surface area contributed by atoms with Crippen LogP contribution in [0, 0.1) is 0 Å². The lowest BCUT2D eigenvalue weighted by Gasteiger charge is -1.92. The molecule has 15 heavy (non-hydrogen) atoms. The third kappa shape index (κ3) is 1.97. The van der Waals surface area contributed by atoms with Crippen LogP contribution in [0.3, 0.4) is 0 Å². The molecule has 0 fully saturated rings. The molecule has 0 unspecified atom stereocenters. The second-order valence-electron chi connectivity index (χ2n) is 3.19. The first kappa shape index (κ1) is 10.0. The largest absolute Gasteiger partial charge is 0.478 e. The molecule has 1 heterocycles.